The Morgan fingerprint density at radius 1 is 1.22 bits per heavy atom. The van der Waals surface area contributed by atoms with Gasteiger partial charge in [-0.2, -0.15) is 0 Å². The largest absolute Gasteiger partial charge is 0.352 e. The molecular formula is C17H28N2O3S. The summed E-state index contributed by atoms with van der Waals surface area (Å²) in [4.78, 5) is 12.4. The molecule has 5 nitrogen and oxygen atoms in total. The van der Waals surface area contributed by atoms with Crippen molar-refractivity contribution in [2.24, 2.45) is 0 Å². The van der Waals surface area contributed by atoms with Crippen LogP contribution in [0.5, 0.6) is 0 Å². The van der Waals surface area contributed by atoms with Crippen molar-refractivity contribution >= 4 is 21.6 Å². The quantitative estimate of drug-likeness (QED) is 0.830. The second-order valence-corrected chi connectivity index (χ2v) is 8.06. The summed E-state index contributed by atoms with van der Waals surface area (Å²) in [5.41, 5.74) is 2.58. The van der Waals surface area contributed by atoms with Crippen LogP contribution in [0.1, 0.15) is 44.7 Å². The highest BCUT2D eigenvalue weighted by Crippen LogP contribution is 2.23. The molecule has 0 saturated carbocycles. The molecule has 0 saturated heterocycles. The summed E-state index contributed by atoms with van der Waals surface area (Å²) in [6.07, 6.45) is 2.95. The predicted molar refractivity (Wildman–Crippen MR) is 95.2 cm³/mol. The lowest BCUT2D eigenvalue weighted by Crippen LogP contribution is -2.49. The molecule has 0 unspecified atom stereocenters. The number of hydrogen-bond acceptors (Lipinski definition) is 3. The lowest BCUT2D eigenvalue weighted by atomic mass is 10.1. The number of aryl methyl sites for hydroxylation is 2. The summed E-state index contributed by atoms with van der Waals surface area (Å²) >= 11 is 0. The van der Waals surface area contributed by atoms with Crippen molar-refractivity contribution in [1.82, 2.24) is 5.32 Å². The minimum atomic E-state index is -3.57. The van der Waals surface area contributed by atoms with Crippen molar-refractivity contribution in [3.63, 3.8) is 0 Å². The summed E-state index contributed by atoms with van der Waals surface area (Å²) in [5, 5.41) is 2.88. The topological polar surface area (TPSA) is 66.5 Å². The molecule has 0 aliphatic carbocycles. The molecule has 0 bridgehead atoms. The van der Waals surface area contributed by atoms with E-state index in [1.165, 1.54) is 4.31 Å². The van der Waals surface area contributed by atoms with Crippen molar-refractivity contribution in [2.75, 3.05) is 10.6 Å². The van der Waals surface area contributed by atoms with Crippen LogP contribution >= 0.6 is 0 Å². The second-order valence-electron chi connectivity index (χ2n) is 6.20. The van der Waals surface area contributed by atoms with Crippen LogP contribution in [0.3, 0.4) is 0 Å². The molecule has 23 heavy (non-hydrogen) atoms. The summed E-state index contributed by atoms with van der Waals surface area (Å²) < 4.78 is 25.7. The Hall–Kier alpha value is -1.56. The molecule has 0 aliphatic rings. The number of rotatable bonds is 7. The van der Waals surface area contributed by atoms with Gasteiger partial charge in [0.05, 0.1) is 11.9 Å². The first-order chi connectivity index (χ1) is 10.6. The van der Waals surface area contributed by atoms with Crippen LogP contribution in [0.4, 0.5) is 5.69 Å². The molecule has 6 heteroatoms. The monoisotopic (exact) mass is 340 g/mol. The van der Waals surface area contributed by atoms with Gasteiger partial charge >= 0.3 is 0 Å². The number of carbonyl (C=O) groups excluding carboxylic acids is 1. The Balaban J connectivity index is 3.12. The molecule has 2 atom stereocenters. The maximum atomic E-state index is 12.4. The normalized spacial score (nSPS) is 14.2. The van der Waals surface area contributed by atoms with Gasteiger partial charge in [-0.25, -0.2) is 8.42 Å². The molecule has 1 N–H and O–H groups in total. The number of sulfonamides is 1. The minimum Gasteiger partial charge on any atom is -0.352 e. The molecule has 130 valence electrons. The number of hydrogen-bond donors (Lipinski definition) is 1. The zero-order chi connectivity index (χ0) is 17.8. The number of amides is 1. The fourth-order valence-electron chi connectivity index (χ4n) is 2.54. The molecule has 0 spiro atoms. The summed E-state index contributed by atoms with van der Waals surface area (Å²) in [6.45, 7) is 9.48. The van der Waals surface area contributed by atoms with E-state index in [-0.39, 0.29) is 11.9 Å². The van der Waals surface area contributed by atoms with E-state index >= 15 is 0 Å². The maximum absolute atomic E-state index is 12.4. The third-order valence-electron chi connectivity index (χ3n) is 3.94. The third-order valence-corrected chi connectivity index (χ3v) is 5.19. The van der Waals surface area contributed by atoms with Gasteiger partial charge in [-0.05, 0) is 57.4 Å². The van der Waals surface area contributed by atoms with Gasteiger partial charge in [-0.3, -0.25) is 9.10 Å². The third kappa shape index (κ3) is 5.23. The Bertz CT molecular complexity index is 656. The summed E-state index contributed by atoms with van der Waals surface area (Å²) in [7, 11) is -3.57. The zero-order valence-corrected chi connectivity index (χ0v) is 15.7. The first-order valence-electron chi connectivity index (χ1n) is 7.95. The van der Waals surface area contributed by atoms with E-state index in [1.807, 2.05) is 33.8 Å². The van der Waals surface area contributed by atoms with Gasteiger partial charge in [-0.15, -0.1) is 0 Å². The van der Waals surface area contributed by atoms with Gasteiger partial charge in [-0.1, -0.05) is 19.4 Å². The van der Waals surface area contributed by atoms with E-state index in [4.69, 9.17) is 0 Å². The van der Waals surface area contributed by atoms with Gasteiger partial charge in [0, 0.05) is 6.04 Å². The lowest BCUT2D eigenvalue weighted by Gasteiger charge is -2.29. The number of carbonyl (C=O) groups is 1. The first-order valence-corrected chi connectivity index (χ1v) is 9.79. The van der Waals surface area contributed by atoms with Crippen LogP contribution in [0.2, 0.25) is 0 Å². The van der Waals surface area contributed by atoms with E-state index in [0.717, 1.165) is 30.2 Å². The fourth-order valence-corrected chi connectivity index (χ4v) is 3.71. The predicted octanol–water partition coefficient (Wildman–Crippen LogP) is 2.76. The van der Waals surface area contributed by atoms with E-state index in [9.17, 15) is 13.2 Å². The fraction of sp³-hybridized carbons (Fsp3) is 0.588. The van der Waals surface area contributed by atoms with Crippen molar-refractivity contribution < 1.29 is 13.2 Å². The SMILES string of the molecule is CCC[C@@H](C)NC(=O)[C@H](C)N(c1ccc(C)c(C)c1)S(C)(=O)=O. The van der Waals surface area contributed by atoms with Crippen molar-refractivity contribution in [3.05, 3.63) is 29.3 Å². The molecule has 1 rings (SSSR count). The molecular weight excluding hydrogens is 312 g/mol. The van der Waals surface area contributed by atoms with Gasteiger partial charge in [0.1, 0.15) is 6.04 Å². The highest BCUT2D eigenvalue weighted by atomic mass is 32.2. The Kier molecular flexibility index (Phi) is 6.62. The van der Waals surface area contributed by atoms with E-state index in [0.29, 0.717) is 5.69 Å². The van der Waals surface area contributed by atoms with Crippen LogP contribution < -0.4 is 9.62 Å². The molecule has 0 radical (unpaired) electrons. The standard InChI is InChI=1S/C17H28N2O3S/c1-7-8-14(4)18-17(20)15(5)19(23(6,21)22)16-10-9-12(2)13(3)11-16/h9-11,14-15H,7-8H2,1-6H3,(H,18,20)/t14-,15+/m1/s1. The highest BCUT2D eigenvalue weighted by Gasteiger charge is 2.29. The molecule has 0 aliphatic heterocycles. The van der Waals surface area contributed by atoms with Crippen LogP contribution in [0, 0.1) is 13.8 Å². The average molecular weight is 340 g/mol. The number of nitrogens with zero attached hydrogens (tertiary/aromatic N) is 1. The van der Waals surface area contributed by atoms with Gasteiger partial charge in [0.15, 0.2) is 0 Å². The van der Waals surface area contributed by atoms with Crippen molar-refractivity contribution in [3.8, 4) is 0 Å². The Morgan fingerprint density at radius 2 is 1.83 bits per heavy atom. The van der Waals surface area contributed by atoms with E-state index < -0.39 is 16.1 Å². The van der Waals surface area contributed by atoms with E-state index in [2.05, 4.69) is 5.32 Å². The van der Waals surface area contributed by atoms with Crippen molar-refractivity contribution in [2.45, 2.75) is 59.5 Å². The minimum absolute atomic E-state index is 0.0242. The molecule has 1 amide bonds. The lowest BCUT2D eigenvalue weighted by molar-refractivity contribution is -0.122. The smallest absolute Gasteiger partial charge is 0.243 e. The second kappa shape index (κ2) is 7.81. The average Bonchev–Trinajstić information content (AvgIpc) is 2.41. The van der Waals surface area contributed by atoms with Crippen LogP contribution in [0.25, 0.3) is 0 Å². The van der Waals surface area contributed by atoms with Gasteiger partial charge in [0.2, 0.25) is 15.9 Å². The number of anilines is 1. The Morgan fingerprint density at radius 3 is 2.30 bits per heavy atom. The van der Waals surface area contributed by atoms with Crippen LogP contribution in [-0.2, 0) is 14.8 Å². The van der Waals surface area contributed by atoms with Crippen LogP contribution in [0.15, 0.2) is 18.2 Å². The van der Waals surface area contributed by atoms with E-state index in [1.54, 1.807) is 19.1 Å². The number of nitrogens with one attached hydrogen (secondary N) is 1. The van der Waals surface area contributed by atoms with Crippen molar-refractivity contribution in [1.29, 1.82) is 0 Å². The molecule has 0 fully saturated rings. The molecule has 0 aromatic heterocycles. The van der Waals surface area contributed by atoms with Gasteiger partial charge in [0.25, 0.3) is 0 Å². The maximum Gasteiger partial charge on any atom is 0.243 e. The zero-order valence-electron chi connectivity index (χ0n) is 14.9. The summed E-state index contributed by atoms with van der Waals surface area (Å²) in [5.74, 6) is -0.283. The first kappa shape index (κ1) is 19.5. The highest BCUT2D eigenvalue weighted by molar-refractivity contribution is 7.92. The number of benzene rings is 1. The molecule has 1 aromatic rings. The van der Waals surface area contributed by atoms with Gasteiger partial charge < -0.3 is 5.32 Å². The summed E-state index contributed by atoms with van der Waals surface area (Å²) in [6, 6.07) is 4.63. The molecule has 1 aromatic carbocycles. The van der Waals surface area contributed by atoms with Crippen LogP contribution in [-0.4, -0.2) is 32.7 Å². The molecule has 0 heterocycles. The Labute approximate surface area is 140 Å².